The van der Waals surface area contributed by atoms with E-state index < -0.39 is 0 Å². The summed E-state index contributed by atoms with van der Waals surface area (Å²) in [5, 5.41) is 3.22. The van der Waals surface area contributed by atoms with E-state index in [2.05, 4.69) is 15.2 Å². The summed E-state index contributed by atoms with van der Waals surface area (Å²) < 4.78 is 5.35. The predicted octanol–water partition coefficient (Wildman–Crippen LogP) is 1.59. The number of pyridine rings is 1. The summed E-state index contributed by atoms with van der Waals surface area (Å²) in [5.41, 5.74) is 1.26. The lowest BCUT2D eigenvalue weighted by molar-refractivity contribution is -0.128. The Morgan fingerprint density at radius 2 is 2.05 bits per heavy atom. The van der Waals surface area contributed by atoms with E-state index in [1.807, 2.05) is 24.5 Å². The number of hydrogen-bond acceptors (Lipinski definition) is 4. The van der Waals surface area contributed by atoms with Crippen molar-refractivity contribution in [1.29, 1.82) is 0 Å². The van der Waals surface area contributed by atoms with Crippen molar-refractivity contribution in [2.24, 2.45) is 5.92 Å². The fraction of sp³-hybridized carbons (Fsp3) is 0.647. The van der Waals surface area contributed by atoms with E-state index in [9.17, 15) is 4.79 Å². The Balaban J connectivity index is 1.50. The predicted molar refractivity (Wildman–Crippen MR) is 84.2 cm³/mol. The zero-order chi connectivity index (χ0) is 15.2. The molecule has 3 rings (SSSR count). The van der Waals surface area contributed by atoms with Crippen LogP contribution in [0, 0.1) is 5.92 Å². The zero-order valence-corrected chi connectivity index (χ0v) is 13.0. The van der Waals surface area contributed by atoms with Crippen LogP contribution < -0.4 is 5.32 Å². The number of amides is 1. The van der Waals surface area contributed by atoms with Crippen LogP contribution in [-0.2, 0) is 16.1 Å². The van der Waals surface area contributed by atoms with Crippen molar-refractivity contribution in [1.82, 2.24) is 15.2 Å². The topological polar surface area (TPSA) is 54.5 Å². The van der Waals surface area contributed by atoms with Gasteiger partial charge < -0.3 is 10.1 Å². The van der Waals surface area contributed by atoms with Gasteiger partial charge in [-0.15, -0.1) is 0 Å². The smallest absolute Gasteiger partial charge is 0.224 e. The van der Waals surface area contributed by atoms with Gasteiger partial charge in [0, 0.05) is 44.7 Å². The standard InChI is InChI=1S/C17H25N3O2/c21-17(19-16-5-10-22-11-6-16)15-2-1-9-20(13-15)12-14-3-7-18-8-4-14/h3-4,7-8,15-16H,1-2,5-6,9-13H2,(H,19,21). The molecule has 3 heterocycles. The molecule has 1 aromatic rings. The first-order valence-electron chi connectivity index (χ1n) is 8.30. The molecule has 2 aliphatic rings. The molecule has 0 aromatic carbocycles. The number of carbonyl (C=O) groups excluding carboxylic acids is 1. The fourth-order valence-electron chi connectivity index (χ4n) is 3.32. The number of nitrogens with zero attached hydrogens (tertiary/aromatic N) is 2. The van der Waals surface area contributed by atoms with E-state index in [0.717, 1.165) is 58.5 Å². The second kappa shape index (κ2) is 7.70. The molecule has 0 radical (unpaired) electrons. The minimum absolute atomic E-state index is 0.124. The number of piperidine rings is 1. The van der Waals surface area contributed by atoms with Gasteiger partial charge in [0.15, 0.2) is 0 Å². The van der Waals surface area contributed by atoms with Crippen molar-refractivity contribution in [3.63, 3.8) is 0 Å². The summed E-state index contributed by atoms with van der Waals surface area (Å²) in [6.45, 7) is 4.37. The highest BCUT2D eigenvalue weighted by atomic mass is 16.5. The highest BCUT2D eigenvalue weighted by Crippen LogP contribution is 2.19. The highest BCUT2D eigenvalue weighted by molar-refractivity contribution is 5.79. The van der Waals surface area contributed by atoms with Crippen molar-refractivity contribution < 1.29 is 9.53 Å². The molecule has 5 nitrogen and oxygen atoms in total. The average Bonchev–Trinajstić information content (AvgIpc) is 2.57. The molecule has 1 atom stereocenters. The molecule has 1 amide bonds. The van der Waals surface area contributed by atoms with Crippen LogP contribution in [0.25, 0.3) is 0 Å². The Kier molecular flexibility index (Phi) is 5.40. The maximum atomic E-state index is 12.5. The molecule has 1 N–H and O–H groups in total. The monoisotopic (exact) mass is 303 g/mol. The number of hydrogen-bond donors (Lipinski definition) is 1. The molecule has 2 fully saturated rings. The fourth-order valence-corrected chi connectivity index (χ4v) is 3.32. The molecule has 2 saturated heterocycles. The summed E-state index contributed by atoms with van der Waals surface area (Å²) in [4.78, 5) is 18.9. The minimum Gasteiger partial charge on any atom is -0.381 e. The molecule has 1 unspecified atom stereocenters. The molecule has 0 bridgehead atoms. The third-order valence-corrected chi connectivity index (χ3v) is 4.60. The lowest BCUT2D eigenvalue weighted by atomic mass is 9.96. The lowest BCUT2D eigenvalue weighted by Crippen LogP contribution is -2.47. The van der Waals surface area contributed by atoms with Crippen LogP contribution in [-0.4, -0.2) is 48.1 Å². The molecular weight excluding hydrogens is 278 g/mol. The Hall–Kier alpha value is -1.46. The summed E-state index contributed by atoms with van der Waals surface area (Å²) in [6, 6.07) is 4.40. The van der Waals surface area contributed by atoms with E-state index in [-0.39, 0.29) is 11.8 Å². The van der Waals surface area contributed by atoms with Crippen LogP contribution in [0.4, 0.5) is 0 Å². The number of carbonyl (C=O) groups is 1. The maximum absolute atomic E-state index is 12.5. The van der Waals surface area contributed by atoms with Gasteiger partial charge in [-0.3, -0.25) is 14.7 Å². The summed E-state index contributed by atoms with van der Waals surface area (Å²) in [5.74, 6) is 0.352. The number of aromatic nitrogens is 1. The Morgan fingerprint density at radius 1 is 1.27 bits per heavy atom. The Bertz CT molecular complexity index is 474. The first-order chi connectivity index (χ1) is 10.8. The average molecular weight is 303 g/mol. The highest BCUT2D eigenvalue weighted by Gasteiger charge is 2.27. The van der Waals surface area contributed by atoms with Crippen molar-refractivity contribution in [2.45, 2.75) is 38.3 Å². The summed E-state index contributed by atoms with van der Waals surface area (Å²) in [7, 11) is 0. The van der Waals surface area contributed by atoms with Gasteiger partial charge in [0.25, 0.3) is 0 Å². The number of rotatable bonds is 4. The summed E-state index contributed by atoms with van der Waals surface area (Å²) in [6.07, 6.45) is 7.64. The van der Waals surface area contributed by atoms with Crippen LogP contribution in [0.3, 0.4) is 0 Å². The SMILES string of the molecule is O=C(NC1CCOCC1)C1CCCN(Cc2ccncc2)C1. The van der Waals surface area contributed by atoms with Crippen LogP contribution in [0.1, 0.15) is 31.2 Å². The van der Waals surface area contributed by atoms with Crippen molar-refractivity contribution in [3.8, 4) is 0 Å². The van der Waals surface area contributed by atoms with Gasteiger partial charge in [-0.1, -0.05) is 0 Å². The second-order valence-corrected chi connectivity index (χ2v) is 6.32. The van der Waals surface area contributed by atoms with E-state index in [1.54, 1.807) is 0 Å². The van der Waals surface area contributed by atoms with Crippen LogP contribution in [0.2, 0.25) is 0 Å². The van der Waals surface area contributed by atoms with Crippen molar-refractivity contribution in [2.75, 3.05) is 26.3 Å². The molecule has 120 valence electrons. The van der Waals surface area contributed by atoms with E-state index >= 15 is 0 Å². The van der Waals surface area contributed by atoms with Gasteiger partial charge in [-0.05, 0) is 49.9 Å². The molecular formula is C17H25N3O2. The second-order valence-electron chi connectivity index (χ2n) is 6.32. The van der Waals surface area contributed by atoms with Gasteiger partial charge in [0.05, 0.1) is 5.92 Å². The van der Waals surface area contributed by atoms with Gasteiger partial charge >= 0.3 is 0 Å². The van der Waals surface area contributed by atoms with Crippen molar-refractivity contribution in [3.05, 3.63) is 30.1 Å². The molecule has 0 aliphatic carbocycles. The quantitative estimate of drug-likeness (QED) is 0.918. The van der Waals surface area contributed by atoms with E-state index in [0.29, 0.717) is 6.04 Å². The van der Waals surface area contributed by atoms with Crippen molar-refractivity contribution >= 4 is 5.91 Å². The lowest BCUT2D eigenvalue weighted by Gasteiger charge is -2.33. The molecule has 2 aliphatic heterocycles. The number of ether oxygens (including phenoxy) is 1. The zero-order valence-electron chi connectivity index (χ0n) is 13.0. The molecule has 5 heteroatoms. The Morgan fingerprint density at radius 3 is 2.82 bits per heavy atom. The van der Waals surface area contributed by atoms with Crippen LogP contribution >= 0.6 is 0 Å². The van der Waals surface area contributed by atoms with Crippen LogP contribution in [0.5, 0.6) is 0 Å². The maximum Gasteiger partial charge on any atom is 0.224 e. The number of nitrogens with one attached hydrogen (secondary N) is 1. The van der Waals surface area contributed by atoms with Gasteiger partial charge in [0.2, 0.25) is 5.91 Å². The largest absolute Gasteiger partial charge is 0.381 e. The number of likely N-dealkylation sites (tertiary alicyclic amines) is 1. The van der Waals surface area contributed by atoms with E-state index in [4.69, 9.17) is 4.74 Å². The third-order valence-electron chi connectivity index (χ3n) is 4.60. The molecule has 0 saturated carbocycles. The molecule has 1 aromatic heterocycles. The normalized spacial score (nSPS) is 24.1. The first kappa shape index (κ1) is 15.4. The van der Waals surface area contributed by atoms with Crippen LogP contribution in [0.15, 0.2) is 24.5 Å². The van der Waals surface area contributed by atoms with E-state index in [1.165, 1.54) is 5.56 Å². The van der Waals surface area contributed by atoms with Gasteiger partial charge in [-0.2, -0.15) is 0 Å². The minimum atomic E-state index is 0.124. The van der Waals surface area contributed by atoms with Gasteiger partial charge in [-0.25, -0.2) is 0 Å². The Labute approximate surface area is 132 Å². The summed E-state index contributed by atoms with van der Waals surface area (Å²) >= 11 is 0. The van der Waals surface area contributed by atoms with Gasteiger partial charge in [0.1, 0.15) is 0 Å². The first-order valence-corrected chi connectivity index (χ1v) is 8.30. The molecule has 0 spiro atoms. The molecule has 22 heavy (non-hydrogen) atoms. The third kappa shape index (κ3) is 4.27.